The van der Waals surface area contributed by atoms with Gasteiger partial charge in [-0.2, -0.15) is 0 Å². The number of anilines is 1. The predicted octanol–water partition coefficient (Wildman–Crippen LogP) is 1.37. The maximum Gasteiger partial charge on any atom is 0.223 e. The van der Waals surface area contributed by atoms with Crippen molar-refractivity contribution in [1.29, 1.82) is 0 Å². The Morgan fingerprint density at radius 3 is 2.63 bits per heavy atom. The molecule has 4 nitrogen and oxygen atoms in total. The molecule has 0 spiro atoms. The topological polar surface area (TPSA) is 49.6 Å². The van der Waals surface area contributed by atoms with Crippen LogP contribution in [-0.2, 0) is 11.2 Å². The van der Waals surface area contributed by atoms with Crippen LogP contribution in [0.5, 0.6) is 0 Å². The second kappa shape index (κ2) is 6.57. The largest absolute Gasteiger partial charge is 0.399 e. The van der Waals surface area contributed by atoms with Crippen LogP contribution >= 0.6 is 0 Å². The predicted molar refractivity (Wildman–Crippen MR) is 77.9 cm³/mol. The molecule has 0 unspecified atom stereocenters. The van der Waals surface area contributed by atoms with Gasteiger partial charge in [-0.25, -0.2) is 0 Å². The third-order valence-electron chi connectivity index (χ3n) is 3.74. The summed E-state index contributed by atoms with van der Waals surface area (Å²) in [4.78, 5) is 15.8. The van der Waals surface area contributed by atoms with E-state index in [1.54, 1.807) is 0 Å². The minimum atomic E-state index is 0.265. The molecule has 104 valence electrons. The van der Waals surface area contributed by atoms with E-state index in [2.05, 4.69) is 17.0 Å². The smallest absolute Gasteiger partial charge is 0.223 e. The number of likely N-dealkylation sites (N-methyl/N-ethyl adjacent to an activating group) is 1. The fourth-order valence-electron chi connectivity index (χ4n) is 2.39. The molecule has 1 heterocycles. The van der Waals surface area contributed by atoms with E-state index in [9.17, 15) is 4.79 Å². The first-order valence-corrected chi connectivity index (χ1v) is 6.96. The number of nitrogen functional groups attached to an aromatic ring is 1. The van der Waals surface area contributed by atoms with Gasteiger partial charge in [0.1, 0.15) is 0 Å². The first-order chi connectivity index (χ1) is 9.15. The Morgan fingerprint density at radius 1 is 1.16 bits per heavy atom. The molecule has 0 saturated carbocycles. The van der Waals surface area contributed by atoms with Crippen molar-refractivity contribution < 1.29 is 4.79 Å². The molecule has 2 rings (SSSR count). The highest BCUT2D eigenvalue weighted by Gasteiger charge is 2.17. The van der Waals surface area contributed by atoms with E-state index in [4.69, 9.17) is 5.73 Å². The van der Waals surface area contributed by atoms with Gasteiger partial charge in [-0.1, -0.05) is 12.1 Å². The van der Waals surface area contributed by atoms with Crippen molar-refractivity contribution >= 4 is 11.6 Å². The molecule has 1 fully saturated rings. The second-order valence-corrected chi connectivity index (χ2v) is 5.25. The number of hydrogen-bond acceptors (Lipinski definition) is 3. The molecule has 0 aromatic heterocycles. The first kappa shape index (κ1) is 13.9. The van der Waals surface area contributed by atoms with Gasteiger partial charge < -0.3 is 15.5 Å². The quantitative estimate of drug-likeness (QED) is 0.833. The average Bonchev–Trinajstić information content (AvgIpc) is 2.56. The molecule has 1 aliphatic rings. The lowest BCUT2D eigenvalue weighted by Crippen LogP contribution is -2.30. The average molecular weight is 261 g/mol. The number of nitrogens with zero attached hydrogens (tertiary/aromatic N) is 2. The monoisotopic (exact) mass is 261 g/mol. The summed E-state index contributed by atoms with van der Waals surface area (Å²) in [6.07, 6.45) is 2.85. The molecule has 0 atom stereocenters. The van der Waals surface area contributed by atoms with Gasteiger partial charge in [0.05, 0.1) is 0 Å². The third kappa shape index (κ3) is 4.24. The molecule has 0 radical (unpaired) electrons. The summed E-state index contributed by atoms with van der Waals surface area (Å²) < 4.78 is 0. The molecular formula is C15H23N3O. The number of aryl methyl sites for hydroxylation is 1. The van der Waals surface area contributed by atoms with Crippen molar-refractivity contribution in [2.24, 2.45) is 0 Å². The van der Waals surface area contributed by atoms with Gasteiger partial charge in [0.15, 0.2) is 0 Å². The number of rotatable bonds is 4. The zero-order valence-electron chi connectivity index (χ0n) is 11.6. The Bertz CT molecular complexity index is 416. The van der Waals surface area contributed by atoms with E-state index >= 15 is 0 Å². The van der Waals surface area contributed by atoms with Crippen molar-refractivity contribution in [3.8, 4) is 0 Å². The van der Waals surface area contributed by atoms with E-state index < -0.39 is 0 Å². The lowest BCUT2D eigenvalue weighted by molar-refractivity contribution is -0.129. The van der Waals surface area contributed by atoms with E-state index in [1.165, 1.54) is 5.56 Å². The summed E-state index contributed by atoms with van der Waals surface area (Å²) in [5.41, 5.74) is 7.82. The second-order valence-electron chi connectivity index (χ2n) is 5.25. The van der Waals surface area contributed by atoms with Crippen molar-refractivity contribution in [3.05, 3.63) is 29.8 Å². The van der Waals surface area contributed by atoms with Crippen molar-refractivity contribution in [2.45, 2.75) is 19.3 Å². The number of amides is 1. The van der Waals surface area contributed by atoms with Crippen LogP contribution in [0.25, 0.3) is 0 Å². The Morgan fingerprint density at radius 2 is 1.89 bits per heavy atom. The maximum absolute atomic E-state index is 11.6. The van der Waals surface area contributed by atoms with Crippen LogP contribution in [0.3, 0.4) is 0 Å². The summed E-state index contributed by atoms with van der Waals surface area (Å²) in [6.45, 7) is 3.79. The molecular weight excluding hydrogens is 238 g/mol. The van der Waals surface area contributed by atoms with Crippen LogP contribution < -0.4 is 5.73 Å². The van der Waals surface area contributed by atoms with Gasteiger partial charge in [-0.3, -0.25) is 4.79 Å². The molecule has 19 heavy (non-hydrogen) atoms. The van der Waals surface area contributed by atoms with Crippen LogP contribution in [0.4, 0.5) is 5.69 Å². The fraction of sp³-hybridized carbons (Fsp3) is 0.533. The van der Waals surface area contributed by atoms with Crippen molar-refractivity contribution in [2.75, 3.05) is 39.0 Å². The molecule has 1 aromatic rings. The lowest BCUT2D eigenvalue weighted by Gasteiger charge is -2.19. The summed E-state index contributed by atoms with van der Waals surface area (Å²) in [7, 11) is 1.89. The van der Waals surface area contributed by atoms with E-state index in [1.807, 2.05) is 24.1 Å². The highest BCUT2D eigenvalue weighted by atomic mass is 16.2. The van der Waals surface area contributed by atoms with Gasteiger partial charge in [-0.15, -0.1) is 0 Å². The minimum absolute atomic E-state index is 0.265. The number of benzene rings is 1. The Labute approximate surface area is 115 Å². The zero-order chi connectivity index (χ0) is 13.7. The number of carbonyl (C=O) groups is 1. The van der Waals surface area contributed by atoms with E-state index in [0.717, 1.165) is 44.7 Å². The van der Waals surface area contributed by atoms with E-state index in [-0.39, 0.29) is 5.91 Å². The van der Waals surface area contributed by atoms with Gasteiger partial charge >= 0.3 is 0 Å². The molecule has 4 heteroatoms. The third-order valence-corrected chi connectivity index (χ3v) is 3.74. The summed E-state index contributed by atoms with van der Waals surface area (Å²) in [6, 6.07) is 8.09. The number of carbonyl (C=O) groups excluding carboxylic acids is 1. The molecule has 1 aromatic carbocycles. The van der Waals surface area contributed by atoms with Crippen LogP contribution in [0, 0.1) is 0 Å². The molecule has 0 bridgehead atoms. The van der Waals surface area contributed by atoms with Crippen molar-refractivity contribution in [1.82, 2.24) is 9.80 Å². The molecule has 1 saturated heterocycles. The maximum atomic E-state index is 11.6. The van der Waals surface area contributed by atoms with Crippen LogP contribution in [-0.4, -0.2) is 48.9 Å². The van der Waals surface area contributed by atoms with Gasteiger partial charge in [0, 0.05) is 38.8 Å². The van der Waals surface area contributed by atoms with Gasteiger partial charge in [0.25, 0.3) is 0 Å². The van der Waals surface area contributed by atoms with Crippen LogP contribution in [0.2, 0.25) is 0 Å². The highest BCUT2D eigenvalue weighted by Crippen LogP contribution is 2.09. The Hall–Kier alpha value is -1.55. The standard InChI is InChI=1S/C15H23N3O/c1-17-11-12-18(10-8-15(17)19)9-2-3-13-4-6-14(16)7-5-13/h4-7H,2-3,8-12,16H2,1H3. The minimum Gasteiger partial charge on any atom is -0.399 e. The SMILES string of the molecule is CN1CCN(CCCc2ccc(N)cc2)CCC1=O. The highest BCUT2D eigenvalue weighted by molar-refractivity contribution is 5.76. The summed E-state index contributed by atoms with van der Waals surface area (Å²) in [5, 5.41) is 0. The number of nitrogens with two attached hydrogens (primary N) is 1. The Balaban J connectivity index is 1.73. The number of hydrogen-bond donors (Lipinski definition) is 1. The lowest BCUT2D eigenvalue weighted by atomic mass is 10.1. The molecule has 0 aliphatic carbocycles. The normalized spacial score (nSPS) is 17.5. The molecule has 1 aliphatic heterocycles. The first-order valence-electron chi connectivity index (χ1n) is 6.96. The van der Waals surface area contributed by atoms with Gasteiger partial charge in [-0.05, 0) is 37.1 Å². The Kier molecular flexibility index (Phi) is 4.80. The zero-order valence-corrected chi connectivity index (χ0v) is 11.6. The fourth-order valence-corrected chi connectivity index (χ4v) is 2.39. The van der Waals surface area contributed by atoms with Gasteiger partial charge in [0.2, 0.25) is 5.91 Å². The molecule has 1 amide bonds. The molecule has 2 N–H and O–H groups in total. The van der Waals surface area contributed by atoms with Crippen LogP contribution in [0.15, 0.2) is 24.3 Å². The summed E-state index contributed by atoms with van der Waals surface area (Å²) >= 11 is 0. The van der Waals surface area contributed by atoms with Crippen molar-refractivity contribution in [3.63, 3.8) is 0 Å². The van der Waals surface area contributed by atoms with Crippen LogP contribution in [0.1, 0.15) is 18.4 Å². The summed E-state index contributed by atoms with van der Waals surface area (Å²) in [5.74, 6) is 0.265. The van der Waals surface area contributed by atoms with E-state index in [0.29, 0.717) is 6.42 Å².